The Hall–Kier alpha value is -4.85. The van der Waals surface area contributed by atoms with Gasteiger partial charge in [-0.15, -0.1) is 0 Å². The third-order valence-corrected chi connectivity index (χ3v) is 5.31. The highest BCUT2D eigenvalue weighted by molar-refractivity contribution is 6.30. The highest BCUT2D eigenvalue weighted by Crippen LogP contribution is 2.32. The van der Waals surface area contributed by atoms with Gasteiger partial charge < -0.3 is 14.8 Å². The van der Waals surface area contributed by atoms with Crippen molar-refractivity contribution < 1.29 is 33.4 Å². The molecule has 0 bridgehead atoms. The summed E-state index contributed by atoms with van der Waals surface area (Å²) in [6.45, 7) is 4.64. The molecule has 1 aliphatic rings. The molecule has 0 radical (unpaired) electrons. The van der Waals surface area contributed by atoms with Crippen molar-refractivity contribution in [1.29, 1.82) is 0 Å². The Morgan fingerprint density at radius 1 is 0.800 bits per heavy atom. The first-order chi connectivity index (χ1) is 16.8. The molecule has 8 heteroatoms. The highest BCUT2D eigenvalue weighted by Gasteiger charge is 2.31. The summed E-state index contributed by atoms with van der Waals surface area (Å²) in [5.74, 6) is -2.66. The van der Waals surface area contributed by atoms with E-state index in [4.69, 9.17) is 9.47 Å². The molecule has 0 heterocycles. The van der Waals surface area contributed by atoms with Gasteiger partial charge in [-0.1, -0.05) is 43.0 Å². The number of benzene rings is 3. The molecule has 1 unspecified atom stereocenters. The summed E-state index contributed by atoms with van der Waals surface area (Å²) in [4.78, 5) is 62.2. The molecule has 3 aromatic rings. The van der Waals surface area contributed by atoms with Gasteiger partial charge in [0.2, 0.25) is 6.29 Å². The number of ether oxygens (including phenoxy) is 2. The third-order valence-electron chi connectivity index (χ3n) is 5.31. The Kier molecular flexibility index (Phi) is 6.37. The van der Waals surface area contributed by atoms with Crippen LogP contribution >= 0.6 is 0 Å². The average molecular weight is 469 g/mol. The summed E-state index contributed by atoms with van der Waals surface area (Å²) >= 11 is 0. The van der Waals surface area contributed by atoms with Crippen molar-refractivity contribution >= 4 is 35.1 Å². The smallest absolute Gasteiger partial charge is 0.341 e. The Balaban J connectivity index is 1.51. The molecule has 8 nitrogen and oxygen atoms in total. The number of carbonyl (C=O) groups is 5. The molecule has 1 amide bonds. The van der Waals surface area contributed by atoms with Gasteiger partial charge in [0.05, 0.1) is 16.8 Å². The number of ketones is 2. The predicted molar refractivity (Wildman–Crippen MR) is 125 cm³/mol. The van der Waals surface area contributed by atoms with E-state index < -0.39 is 24.1 Å². The molecule has 35 heavy (non-hydrogen) atoms. The molecule has 3 aromatic carbocycles. The fourth-order valence-electron chi connectivity index (χ4n) is 3.66. The second-order valence-electron chi connectivity index (χ2n) is 7.58. The van der Waals surface area contributed by atoms with Gasteiger partial charge in [0.1, 0.15) is 0 Å². The van der Waals surface area contributed by atoms with E-state index in [0.717, 1.165) is 6.08 Å². The Morgan fingerprint density at radius 2 is 1.40 bits per heavy atom. The van der Waals surface area contributed by atoms with E-state index in [9.17, 15) is 24.0 Å². The molecule has 4 rings (SSSR count). The number of hydrogen-bond acceptors (Lipinski definition) is 7. The minimum atomic E-state index is -1.12. The summed E-state index contributed by atoms with van der Waals surface area (Å²) in [6, 6.07) is 16.8. The van der Waals surface area contributed by atoms with E-state index in [1.54, 1.807) is 42.5 Å². The van der Waals surface area contributed by atoms with Crippen LogP contribution in [0.5, 0.6) is 0 Å². The molecule has 0 fully saturated rings. The third kappa shape index (κ3) is 4.63. The standard InChI is InChI=1S/C27H19NO7/c1-3-22(29)34-15(2)35-27(33)17-13-11-16(12-14-17)26(32)28-21-10-6-9-20-23(21)25(31)19-8-5-4-7-18(19)24(20)30/h3-15H,1H2,2H3,(H,28,32). The van der Waals surface area contributed by atoms with Crippen LogP contribution in [0.4, 0.5) is 5.69 Å². The quantitative estimate of drug-likeness (QED) is 0.258. The number of carbonyl (C=O) groups excluding carboxylic acids is 5. The molecule has 1 N–H and O–H groups in total. The number of fused-ring (bicyclic) bond motifs is 2. The Labute approximate surface area is 200 Å². The molecule has 174 valence electrons. The van der Waals surface area contributed by atoms with E-state index in [0.29, 0.717) is 5.56 Å². The van der Waals surface area contributed by atoms with Crippen LogP contribution < -0.4 is 5.32 Å². The fourth-order valence-corrected chi connectivity index (χ4v) is 3.66. The zero-order valence-electron chi connectivity index (χ0n) is 18.6. The van der Waals surface area contributed by atoms with E-state index >= 15 is 0 Å². The van der Waals surface area contributed by atoms with Crippen molar-refractivity contribution in [3.8, 4) is 0 Å². The van der Waals surface area contributed by atoms with Crippen molar-refractivity contribution in [3.63, 3.8) is 0 Å². The molecule has 1 atom stereocenters. The summed E-state index contributed by atoms with van der Waals surface area (Å²) in [5, 5.41) is 2.68. The Bertz CT molecular complexity index is 1390. The van der Waals surface area contributed by atoms with Crippen LogP contribution in [0.25, 0.3) is 0 Å². The normalized spacial score (nSPS) is 12.6. The first kappa shape index (κ1) is 23.3. The molecule has 0 saturated heterocycles. The lowest BCUT2D eigenvalue weighted by atomic mass is 9.83. The lowest BCUT2D eigenvalue weighted by molar-refractivity contribution is -0.159. The minimum absolute atomic E-state index is 0.132. The predicted octanol–water partition coefficient (Wildman–Crippen LogP) is 3.95. The van der Waals surface area contributed by atoms with Gasteiger partial charge in [-0.25, -0.2) is 9.59 Å². The zero-order chi connectivity index (χ0) is 25.1. The molecule has 0 spiro atoms. The van der Waals surface area contributed by atoms with Gasteiger partial charge in [-0.05, 0) is 30.3 Å². The molecule has 1 aliphatic carbocycles. The summed E-state index contributed by atoms with van der Waals surface area (Å²) in [5.41, 5.74) is 1.51. The van der Waals surface area contributed by atoms with Gasteiger partial charge in [-0.2, -0.15) is 0 Å². The van der Waals surface area contributed by atoms with Crippen LogP contribution in [0.1, 0.15) is 59.5 Å². The van der Waals surface area contributed by atoms with E-state index in [1.807, 2.05) is 0 Å². The topological polar surface area (TPSA) is 116 Å². The van der Waals surface area contributed by atoms with Gasteiger partial charge in [0.15, 0.2) is 11.6 Å². The average Bonchev–Trinajstić information content (AvgIpc) is 2.87. The monoisotopic (exact) mass is 469 g/mol. The Morgan fingerprint density at radius 3 is 2.06 bits per heavy atom. The van der Waals surface area contributed by atoms with Crippen LogP contribution in [-0.2, 0) is 14.3 Å². The molecule has 0 aromatic heterocycles. The summed E-state index contributed by atoms with van der Waals surface area (Å²) < 4.78 is 9.81. The van der Waals surface area contributed by atoms with Gasteiger partial charge in [0.25, 0.3) is 5.91 Å². The van der Waals surface area contributed by atoms with Crippen molar-refractivity contribution in [2.45, 2.75) is 13.2 Å². The maximum Gasteiger partial charge on any atom is 0.341 e. The molecular formula is C27H19NO7. The van der Waals surface area contributed by atoms with Crippen LogP contribution in [0, 0.1) is 0 Å². The molecule has 0 aliphatic heterocycles. The second-order valence-corrected chi connectivity index (χ2v) is 7.58. The lowest BCUT2D eigenvalue weighted by Gasteiger charge is -2.20. The number of nitrogens with one attached hydrogen (secondary N) is 1. The SMILES string of the molecule is C=CC(=O)OC(C)OC(=O)c1ccc(C(=O)Nc2cccc3c2C(=O)c2ccccc2C3=O)cc1. The van der Waals surface area contributed by atoms with Gasteiger partial charge in [-0.3, -0.25) is 14.4 Å². The largest absolute Gasteiger partial charge is 0.422 e. The minimum Gasteiger partial charge on any atom is -0.422 e. The lowest BCUT2D eigenvalue weighted by Crippen LogP contribution is -2.24. The van der Waals surface area contributed by atoms with Crippen LogP contribution in [0.15, 0.2) is 79.4 Å². The zero-order valence-corrected chi connectivity index (χ0v) is 18.6. The van der Waals surface area contributed by atoms with Gasteiger partial charge in [0, 0.05) is 35.3 Å². The van der Waals surface area contributed by atoms with E-state index in [2.05, 4.69) is 11.9 Å². The second kappa shape index (κ2) is 9.56. The maximum atomic E-state index is 13.1. The van der Waals surface area contributed by atoms with Crippen molar-refractivity contribution in [2.75, 3.05) is 5.32 Å². The molecular weight excluding hydrogens is 450 g/mol. The summed E-state index contributed by atoms with van der Waals surface area (Å²) in [7, 11) is 0. The number of anilines is 1. The first-order valence-corrected chi connectivity index (χ1v) is 10.6. The van der Waals surface area contributed by atoms with Crippen molar-refractivity contribution in [2.24, 2.45) is 0 Å². The molecule has 0 saturated carbocycles. The number of rotatable bonds is 6. The first-order valence-electron chi connectivity index (χ1n) is 10.6. The number of esters is 2. The van der Waals surface area contributed by atoms with Gasteiger partial charge >= 0.3 is 11.9 Å². The van der Waals surface area contributed by atoms with E-state index in [-0.39, 0.29) is 45.1 Å². The van der Waals surface area contributed by atoms with Crippen LogP contribution in [-0.4, -0.2) is 35.7 Å². The van der Waals surface area contributed by atoms with Crippen molar-refractivity contribution in [3.05, 3.63) is 113 Å². The number of hydrogen-bond donors (Lipinski definition) is 1. The number of amides is 1. The van der Waals surface area contributed by atoms with E-state index in [1.165, 1.54) is 31.2 Å². The maximum absolute atomic E-state index is 13.1. The van der Waals surface area contributed by atoms with Crippen LogP contribution in [0.2, 0.25) is 0 Å². The van der Waals surface area contributed by atoms with Crippen LogP contribution in [0.3, 0.4) is 0 Å². The fraction of sp³-hybridized carbons (Fsp3) is 0.0741. The summed E-state index contributed by atoms with van der Waals surface area (Å²) in [6.07, 6.45) is -0.172. The van der Waals surface area contributed by atoms with Crippen molar-refractivity contribution in [1.82, 2.24) is 0 Å². The highest BCUT2D eigenvalue weighted by atomic mass is 16.7.